The maximum absolute atomic E-state index is 5.45. The van der Waals surface area contributed by atoms with Crippen molar-refractivity contribution < 1.29 is 4.74 Å². The minimum Gasteiger partial charge on any atom is -0.377 e. The second kappa shape index (κ2) is 7.21. The zero-order valence-corrected chi connectivity index (χ0v) is 9.51. The molecule has 3 heteroatoms. The fourth-order valence-electron chi connectivity index (χ4n) is 1.93. The van der Waals surface area contributed by atoms with Crippen molar-refractivity contribution in [2.75, 3.05) is 32.8 Å². The molecule has 2 atom stereocenters. The van der Waals surface area contributed by atoms with Crippen molar-refractivity contribution in [3.8, 4) is 0 Å². The molecule has 0 aromatic heterocycles. The topological polar surface area (TPSA) is 33.3 Å². The minimum absolute atomic E-state index is 0.344. The van der Waals surface area contributed by atoms with Gasteiger partial charge in [-0.3, -0.25) is 0 Å². The van der Waals surface area contributed by atoms with Gasteiger partial charge in [-0.15, -0.1) is 0 Å². The van der Waals surface area contributed by atoms with E-state index in [1.165, 1.54) is 25.9 Å². The highest BCUT2D eigenvalue weighted by molar-refractivity contribution is 4.71. The van der Waals surface area contributed by atoms with Crippen LogP contribution in [-0.4, -0.2) is 38.9 Å². The van der Waals surface area contributed by atoms with E-state index in [4.69, 9.17) is 4.74 Å². The first-order valence-electron chi connectivity index (χ1n) is 5.86. The van der Waals surface area contributed by atoms with E-state index in [2.05, 4.69) is 17.6 Å². The van der Waals surface area contributed by atoms with E-state index in [0.717, 1.165) is 25.6 Å². The van der Waals surface area contributed by atoms with Crippen LogP contribution in [0.2, 0.25) is 0 Å². The highest BCUT2D eigenvalue weighted by Crippen LogP contribution is 2.07. The lowest BCUT2D eigenvalue weighted by molar-refractivity contribution is 0.0752. The van der Waals surface area contributed by atoms with Crippen LogP contribution < -0.4 is 10.6 Å². The van der Waals surface area contributed by atoms with Crippen LogP contribution in [0.1, 0.15) is 26.7 Å². The van der Waals surface area contributed by atoms with Crippen LogP contribution in [0, 0.1) is 5.92 Å². The Hall–Kier alpha value is -0.120. The molecule has 0 spiro atoms. The van der Waals surface area contributed by atoms with E-state index in [9.17, 15) is 0 Å². The highest BCUT2D eigenvalue weighted by Gasteiger charge is 2.12. The van der Waals surface area contributed by atoms with Crippen LogP contribution in [0.25, 0.3) is 0 Å². The van der Waals surface area contributed by atoms with Crippen molar-refractivity contribution in [3.05, 3.63) is 0 Å². The van der Waals surface area contributed by atoms with Crippen LogP contribution in [0.5, 0.6) is 0 Å². The summed E-state index contributed by atoms with van der Waals surface area (Å²) in [6, 6.07) is 0. The van der Waals surface area contributed by atoms with Crippen LogP contribution in [0.4, 0.5) is 0 Å². The molecule has 0 saturated carbocycles. The largest absolute Gasteiger partial charge is 0.377 e. The van der Waals surface area contributed by atoms with Gasteiger partial charge in [0.1, 0.15) is 0 Å². The molecule has 1 aliphatic heterocycles. The molecular weight excluding hydrogens is 176 g/mol. The Bertz CT molecular complexity index is 135. The molecule has 3 nitrogen and oxygen atoms in total. The molecule has 0 aliphatic carbocycles. The third-order valence-corrected chi connectivity index (χ3v) is 2.71. The molecule has 2 unspecified atom stereocenters. The standard InChI is InChI=1S/C11H24N2O/c1-3-14-10(2)7-13-9-11-5-4-6-12-8-11/h10-13H,3-9H2,1-2H3. The average molecular weight is 200 g/mol. The molecule has 2 N–H and O–H groups in total. The van der Waals surface area contributed by atoms with Crippen LogP contribution in [0.15, 0.2) is 0 Å². The molecule has 1 fully saturated rings. The maximum Gasteiger partial charge on any atom is 0.0671 e. The minimum atomic E-state index is 0.344. The summed E-state index contributed by atoms with van der Waals surface area (Å²) in [5.74, 6) is 0.817. The number of ether oxygens (including phenoxy) is 1. The van der Waals surface area contributed by atoms with Gasteiger partial charge >= 0.3 is 0 Å². The van der Waals surface area contributed by atoms with Crippen molar-refractivity contribution >= 4 is 0 Å². The lowest BCUT2D eigenvalue weighted by atomic mass is 10.00. The number of piperidine rings is 1. The molecule has 1 aliphatic rings. The van der Waals surface area contributed by atoms with Crippen molar-refractivity contribution in [2.24, 2.45) is 5.92 Å². The molecule has 0 radical (unpaired) electrons. The molecule has 14 heavy (non-hydrogen) atoms. The predicted octanol–water partition coefficient (Wildman–Crippen LogP) is 1.00. The lowest BCUT2D eigenvalue weighted by Crippen LogP contribution is -2.38. The molecular formula is C11H24N2O. The van der Waals surface area contributed by atoms with Crippen LogP contribution in [-0.2, 0) is 4.74 Å². The molecule has 0 amide bonds. The molecule has 84 valence electrons. The Balaban J connectivity index is 1.96. The lowest BCUT2D eigenvalue weighted by Gasteiger charge is -2.23. The Morgan fingerprint density at radius 3 is 3.07 bits per heavy atom. The molecule has 1 rings (SSSR count). The first-order chi connectivity index (χ1) is 6.83. The first-order valence-corrected chi connectivity index (χ1v) is 5.86. The maximum atomic E-state index is 5.45. The summed E-state index contributed by atoms with van der Waals surface area (Å²) in [5, 5.41) is 6.90. The third-order valence-electron chi connectivity index (χ3n) is 2.71. The number of hydrogen-bond acceptors (Lipinski definition) is 3. The van der Waals surface area contributed by atoms with Gasteiger partial charge in [0.15, 0.2) is 0 Å². The highest BCUT2D eigenvalue weighted by atomic mass is 16.5. The van der Waals surface area contributed by atoms with E-state index in [0.29, 0.717) is 6.10 Å². The van der Waals surface area contributed by atoms with Gasteiger partial charge in [0.2, 0.25) is 0 Å². The quantitative estimate of drug-likeness (QED) is 0.671. The van der Waals surface area contributed by atoms with E-state index < -0.39 is 0 Å². The van der Waals surface area contributed by atoms with Gasteiger partial charge in [0.25, 0.3) is 0 Å². The zero-order chi connectivity index (χ0) is 10.2. The van der Waals surface area contributed by atoms with Crippen molar-refractivity contribution in [2.45, 2.75) is 32.8 Å². The smallest absolute Gasteiger partial charge is 0.0671 e. The van der Waals surface area contributed by atoms with Crippen LogP contribution in [0.3, 0.4) is 0 Å². The summed E-state index contributed by atoms with van der Waals surface area (Å²) in [4.78, 5) is 0. The molecule has 0 aromatic rings. The number of hydrogen-bond donors (Lipinski definition) is 2. The summed E-state index contributed by atoms with van der Waals surface area (Å²) in [7, 11) is 0. The monoisotopic (exact) mass is 200 g/mol. The zero-order valence-electron chi connectivity index (χ0n) is 9.51. The SMILES string of the molecule is CCOC(C)CNCC1CCCNC1. The van der Waals surface area contributed by atoms with Gasteiger partial charge in [-0.25, -0.2) is 0 Å². The van der Waals surface area contributed by atoms with E-state index in [1.54, 1.807) is 0 Å². The van der Waals surface area contributed by atoms with Crippen molar-refractivity contribution in [3.63, 3.8) is 0 Å². The van der Waals surface area contributed by atoms with Gasteiger partial charge in [-0.2, -0.15) is 0 Å². The van der Waals surface area contributed by atoms with Gasteiger partial charge in [-0.05, 0) is 52.2 Å². The van der Waals surface area contributed by atoms with Crippen LogP contribution >= 0.6 is 0 Å². The summed E-state index contributed by atoms with van der Waals surface area (Å²) in [6.45, 7) is 9.46. The Kier molecular flexibility index (Phi) is 6.15. The summed E-state index contributed by atoms with van der Waals surface area (Å²) >= 11 is 0. The van der Waals surface area contributed by atoms with E-state index >= 15 is 0 Å². The Morgan fingerprint density at radius 2 is 2.43 bits per heavy atom. The van der Waals surface area contributed by atoms with E-state index in [-0.39, 0.29) is 0 Å². The molecule has 1 heterocycles. The first kappa shape index (κ1) is 12.0. The third kappa shape index (κ3) is 4.94. The number of nitrogens with one attached hydrogen (secondary N) is 2. The predicted molar refractivity (Wildman–Crippen MR) is 59.6 cm³/mol. The van der Waals surface area contributed by atoms with Gasteiger partial charge in [0, 0.05) is 13.2 Å². The van der Waals surface area contributed by atoms with E-state index in [1.807, 2.05) is 6.92 Å². The summed E-state index contributed by atoms with van der Waals surface area (Å²) in [5.41, 5.74) is 0. The second-order valence-electron chi connectivity index (χ2n) is 4.14. The second-order valence-corrected chi connectivity index (χ2v) is 4.14. The van der Waals surface area contributed by atoms with Gasteiger partial charge < -0.3 is 15.4 Å². The number of rotatable bonds is 6. The van der Waals surface area contributed by atoms with Crippen molar-refractivity contribution in [1.82, 2.24) is 10.6 Å². The fraction of sp³-hybridized carbons (Fsp3) is 1.00. The van der Waals surface area contributed by atoms with Crippen molar-refractivity contribution in [1.29, 1.82) is 0 Å². The Morgan fingerprint density at radius 1 is 1.57 bits per heavy atom. The van der Waals surface area contributed by atoms with Gasteiger partial charge in [-0.1, -0.05) is 0 Å². The molecule has 0 bridgehead atoms. The van der Waals surface area contributed by atoms with Gasteiger partial charge in [0.05, 0.1) is 6.10 Å². The summed E-state index contributed by atoms with van der Waals surface area (Å²) < 4.78 is 5.45. The average Bonchev–Trinajstić information content (AvgIpc) is 2.20. The molecule has 1 saturated heterocycles. The summed E-state index contributed by atoms with van der Waals surface area (Å²) in [6.07, 6.45) is 3.03. The molecule has 0 aromatic carbocycles. The normalized spacial score (nSPS) is 24.9. The Labute approximate surface area is 87.6 Å². The fourth-order valence-corrected chi connectivity index (χ4v) is 1.93.